The zero-order valence-corrected chi connectivity index (χ0v) is 10.3. The van der Waals surface area contributed by atoms with Gasteiger partial charge in [-0.1, -0.05) is 0 Å². The number of rotatable bonds is 2. The highest BCUT2D eigenvalue weighted by Gasteiger charge is 2.13. The minimum absolute atomic E-state index is 0.589. The van der Waals surface area contributed by atoms with Crippen LogP contribution in [-0.4, -0.2) is 17.5 Å². The molecule has 0 saturated carbocycles. The summed E-state index contributed by atoms with van der Waals surface area (Å²) in [6.07, 6.45) is 2.56. The molecule has 1 N–H and O–H groups in total. The molecule has 1 unspecified atom stereocenters. The predicted molar refractivity (Wildman–Crippen MR) is 69.9 cm³/mol. The Morgan fingerprint density at radius 3 is 3.00 bits per heavy atom. The minimum Gasteiger partial charge on any atom is -0.381 e. The lowest BCUT2D eigenvalue weighted by Crippen LogP contribution is -2.25. The number of anilines is 1. The number of benzene rings is 1. The smallest absolute Gasteiger partial charge is 0.0994 e. The van der Waals surface area contributed by atoms with Gasteiger partial charge in [-0.25, -0.2) is 0 Å². The number of nitriles is 1. The van der Waals surface area contributed by atoms with Crippen molar-refractivity contribution < 1.29 is 0 Å². The first-order valence-electron chi connectivity index (χ1n) is 5.64. The van der Waals surface area contributed by atoms with E-state index in [1.807, 2.05) is 30.8 Å². The van der Waals surface area contributed by atoms with Crippen LogP contribution >= 0.6 is 11.8 Å². The van der Waals surface area contributed by atoms with Crippen LogP contribution in [0.3, 0.4) is 0 Å². The van der Waals surface area contributed by atoms with Crippen LogP contribution in [0.4, 0.5) is 5.69 Å². The van der Waals surface area contributed by atoms with Gasteiger partial charge in [-0.15, -0.1) is 0 Å². The molecule has 0 bridgehead atoms. The molecule has 3 heteroatoms. The van der Waals surface area contributed by atoms with E-state index in [-0.39, 0.29) is 0 Å². The maximum Gasteiger partial charge on any atom is 0.0994 e. The van der Waals surface area contributed by atoms with Gasteiger partial charge in [0.05, 0.1) is 11.6 Å². The van der Waals surface area contributed by atoms with Crippen LogP contribution in [0.15, 0.2) is 18.2 Å². The van der Waals surface area contributed by atoms with Crippen LogP contribution in [0, 0.1) is 18.3 Å². The first-order chi connectivity index (χ1) is 7.79. The van der Waals surface area contributed by atoms with E-state index in [2.05, 4.69) is 17.5 Å². The molecule has 1 fully saturated rings. The van der Waals surface area contributed by atoms with Gasteiger partial charge in [0.1, 0.15) is 0 Å². The number of nitrogens with one attached hydrogen (secondary N) is 1. The van der Waals surface area contributed by atoms with Crippen LogP contribution in [0.25, 0.3) is 0 Å². The van der Waals surface area contributed by atoms with Crippen LogP contribution in [0.2, 0.25) is 0 Å². The average molecular weight is 232 g/mol. The van der Waals surface area contributed by atoms with Crippen molar-refractivity contribution in [1.29, 1.82) is 5.26 Å². The Morgan fingerprint density at radius 2 is 2.38 bits per heavy atom. The fourth-order valence-electron chi connectivity index (χ4n) is 1.97. The summed E-state index contributed by atoms with van der Waals surface area (Å²) < 4.78 is 0. The summed E-state index contributed by atoms with van der Waals surface area (Å²) in [7, 11) is 0. The Balaban J connectivity index is 2.04. The molecule has 1 atom stereocenters. The fraction of sp³-hybridized carbons (Fsp3) is 0.462. The van der Waals surface area contributed by atoms with Crippen LogP contribution in [-0.2, 0) is 0 Å². The molecule has 1 saturated heterocycles. The van der Waals surface area contributed by atoms with Crippen molar-refractivity contribution in [3.63, 3.8) is 0 Å². The Labute approximate surface area is 101 Å². The summed E-state index contributed by atoms with van der Waals surface area (Å²) in [5.41, 5.74) is 2.96. The standard InChI is InChI=1S/C13H16N2S/c1-10-7-12(5-4-11(10)8-14)15-13-3-2-6-16-9-13/h4-5,7,13,15H,2-3,6,9H2,1H3. The first-order valence-corrected chi connectivity index (χ1v) is 6.80. The van der Waals surface area contributed by atoms with Crippen LogP contribution in [0.1, 0.15) is 24.0 Å². The monoisotopic (exact) mass is 232 g/mol. The van der Waals surface area contributed by atoms with Gasteiger partial charge in [0.15, 0.2) is 0 Å². The van der Waals surface area contributed by atoms with E-state index in [0.29, 0.717) is 6.04 Å². The number of nitrogens with zero attached hydrogens (tertiary/aromatic N) is 1. The van der Waals surface area contributed by atoms with Crippen molar-refractivity contribution in [3.05, 3.63) is 29.3 Å². The molecular weight excluding hydrogens is 216 g/mol. The maximum absolute atomic E-state index is 8.86. The summed E-state index contributed by atoms with van der Waals surface area (Å²) in [6.45, 7) is 1.99. The zero-order valence-electron chi connectivity index (χ0n) is 9.49. The number of hydrogen-bond acceptors (Lipinski definition) is 3. The molecule has 1 aliphatic heterocycles. The minimum atomic E-state index is 0.589. The van der Waals surface area contributed by atoms with Gasteiger partial charge >= 0.3 is 0 Å². The summed E-state index contributed by atoms with van der Waals surface area (Å²) in [5.74, 6) is 2.49. The van der Waals surface area contributed by atoms with E-state index in [9.17, 15) is 0 Å². The van der Waals surface area contributed by atoms with Gasteiger partial charge < -0.3 is 5.32 Å². The summed E-state index contributed by atoms with van der Waals surface area (Å²) >= 11 is 2.02. The lowest BCUT2D eigenvalue weighted by Gasteiger charge is -2.23. The molecule has 1 aliphatic rings. The van der Waals surface area contributed by atoms with Crippen molar-refractivity contribution in [2.45, 2.75) is 25.8 Å². The summed E-state index contributed by atoms with van der Waals surface area (Å²) in [5, 5.41) is 12.4. The number of thioether (sulfide) groups is 1. The van der Waals surface area contributed by atoms with Gasteiger partial charge in [0, 0.05) is 17.5 Å². The fourth-order valence-corrected chi connectivity index (χ4v) is 3.04. The molecule has 0 aromatic heterocycles. The molecule has 1 aromatic carbocycles. The van der Waals surface area contributed by atoms with Crippen molar-refractivity contribution in [2.24, 2.45) is 0 Å². The SMILES string of the molecule is Cc1cc(NC2CCCSC2)ccc1C#N. The van der Waals surface area contributed by atoms with Gasteiger partial charge in [-0.05, 0) is 49.3 Å². The zero-order chi connectivity index (χ0) is 11.4. The molecule has 2 rings (SSSR count). The Kier molecular flexibility index (Phi) is 3.74. The molecule has 1 heterocycles. The van der Waals surface area contributed by atoms with Crippen molar-refractivity contribution in [1.82, 2.24) is 0 Å². The van der Waals surface area contributed by atoms with Crippen LogP contribution < -0.4 is 5.32 Å². The van der Waals surface area contributed by atoms with E-state index in [1.165, 1.54) is 24.3 Å². The van der Waals surface area contributed by atoms with E-state index < -0.39 is 0 Å². The number of hydrogen-bond donors (Lipinski definition) is 1. The highest BCUT2D eigenvalue weighted by molar-refractivity contribution is 7.99. The van der Waals surface area contributed by atoms with E-state index in [4.69, 9.17) is 5.26 Å². The van der Waals surface area contributed by atoms with Gasteiger partial charge in [0.2, 0.25) is 0 Å². The van der Waals surface area contributed by atoms with Gasteiger partial charge in [0.25, 0.3) is 0 Å². The second kappa shape index (κ2) is 5.27. The van der Waals surface area contributed by atoms with Crippen molar-refractivity contribution in [3.8, 4) is 6.07 Å². The third-order valence-corrected chi connectivity index (χ3v) is 4.09. The lowest BCUT2D eigenvalue weighted by molar-refractivity contribution is 0.685. The Hall–Kier alpha value is -1.14. The molecule has 0 radical (unpaired) electrons. The quantitative estimate of drug-likeness (QED) is 0.850. The van der Waals surface area contributed by atoms with Gasteiger partial charge in [-0.3, -0.25) is 0 Å². The van der Waals surface area contributed by atoms with E-state index in [0.717, 1.165) is 16.8 Å². The molecular formula is C13H16N2S. The van der Waals surface area contributed by atoms with E-state index >= 15 is 0 Å². The highest BCUT2D eigenvalue weighted by atomic mass is 32.2. The molecule has 0 amide bonds. The Morgan fingerprint density at radius 1 is 1.50 bits per heavy atom. The van der Waals surface area contributed by atoms with Crippen molar-refractivity contribution in [2.75, 3.05) is 16.8 Å². The number of aryl methyl sites for hydroxylation is 1. The molecule has 16 heavy (non-hydrogen) atoms. The highest BCUT2D eigenvalue weighted by Crippen LogP contribution is 2.22. The molecule has 0 spiro atoms. The van der Waals surface area contributed by atoms with Crippen molar-refractivity contribution >= 4 is 17.4 Å². The third-order valence-electron chi connectivity index (χ3n) is 2.88. The van der Waals surface area contributed by atoms with Crippen LogP contribution in [0.5, 0.6) is 0 Å². The molecule has 0 aliphatic carbocycles. The van der Waals surface area contributed by atoms with Gasteiger partial charge in [-0.2, -0.15) is 17.0 Å². The lowest BCUT2D eigenvalue weighted by atomic mass is 10.1. The molecule has 2 nitrogen and oxygen atoms in total. The summed E-state index contributed by atoms with van der Waals surface area (Å²) in [6, 6.07) is 8.75. The second-order valence-corrected chi connectivity index (χ2v) is 5.35. The molecule has 1 aromatic rings. The second-order valence-electron chi connectivity index (χ2n) is 4.20. The topological polar surface area (TPSA) is 35.8 Å². The third kappa shape index (κ3) is 2.70. The largest absolute Gasteiger partial charge is 0.381 e. The molecule has 84 valence electrons. The maximum atomic E-state index is 8.86. The summed E-state index contributed by atoms with van der Waals surface area (Å²) in [4.78, 5) is 0. The predicted octanol–water partition coefficient (Wildman–Crippen LogP) is 3.17. The first kappa shape index (κ1) is 11.3. The van der Waals surface area contributed by atoms with E-state index in [1.54, 1.807) is 0 Å². The Bertz CT molecular complexity index is 403. The normalized spacial score (nSPS) is 20.1. The average Bonchev–Trinajstić information content (AvgIpc) is 2.31.